The molecule has 0 radical (unpaired) electrons. The molecule has 1 atom stereocenters. The Balaban J connectivity index is 4.09. The lowest BCUT2D eigenvalue weighted by molar-refractivity contribution is 0.341. The fourth-order valence-electron chi connectivity index (χ4n) is 0.560. The van der Waals surface area contributed by atoms with Crippen LogP contribution in [0.15, 0.2) is 11.2 Å². The zero-order valence-corrected chi connectivity index (χ0v) is 8.07. The second-order valence-electron chi connectivity index (χ2n) is 1.76. The van der Waals surface area contributed by atoms with Gasteiger partial charge >= 0.3 is 0 Å². The second kappa shape index (κ2) is 5.00. The van der Waals surface area contributed by atoms with E-state index < -0.39 is 7.37 Å². The molecule has 0 aliphatic carbocycles. The smallest absolute Gasteiger partial charge is 0.225 e. The topological polar surface area (TPSA) is 26.3 Å². The maximum Gasteiger partial charge on any atom is 0.225 e. The lowest BCUT2D eigenvalue weighted by atomic mass is 10.9. The predicted molar refractivity (Wildman–Crippen MR) is 47.9 cm³/mol. The molecule has 1 unspecified atom stereocenters. The summed E-state index contributed by atoms with van der Waals surface area (Å²) in [6.07, 6.45) is 0.540. The van der Waals surface area contributed by atoms with E-state index in [9.17, 15) is 4.57 Å². The third-order valence-electron chi connectivity index (χ3n) is 1.08. The monoisotopic (exact) mass is 180 g/mol. The minimum Gasteiger partial charge on any atom is -0.326 e. The van der Waals surface area contributed by atoms with Crippen molar-refractivity contribution < 1.29 is 9.09 Å². The summed E-state index contributed by atoms with van der Waals surface area (Å²) in [6, 6.07) is 0. The van der Waals surface area contributed by atoms with Crippen molar-refractivity contribution in [2.24, 2.45) is 0 Å². The van der Waals surface area contributed by atoms with Gasteiger partial charge in [-0.3, -0.25) is 4.57 Å². The van der Waals surface area contributed by atoms with Gasteiger partial charge in [0.05, 0.1) is 6.61 Å². The summed E-state index contributed by atoms with van der Waals surface area (Å²) < 4.78 is 16.5. The van der Waals surface area contributed by atoms with Crippen molar-refractivity contribution >= 4 is 20.0 Å². The zero-order valence-electron chi connectivity index (χ0n) is 6.28. The van der Waals surface area contributed by atoms with Crippen LogP contribution in [0.3, 0.4) is 0 Å². The van der Waals surface area contributed by atoms with Crippen molar-refractivity contribution in [3.8, 4) is 0 Å². The van der Waals surface area contributed by atoms with Gasteiger partial charge in [0.15, 0.2) is 0 Å². The van der Waals surface area contributed by atoms with Crippen molar-refractivity contribution in [2.45, 2.75) is 13.8 Å². The van der Waals surface area contributed by atoms with Crippen molar-refractivity contribution in [3.63, 3.8) is 0 Å². The first-order chi connectivity index (χ1) is 4.68. The Labute approximate surface area is 67.5 Å². The van der Waals surface area contributed by atoms with Gasteiger partial charge in [0, 0.05) is 12.0 Å². The van der Waals surface area contributed by atoms with Gasteiger partial charge in [0.25, 0.3) is 0 Å². The highest BCUT2D eigenvalue weighted by Crippen LogP contribution is 2.47. The van der Waals surface area contributed by atoms with Crippen LogP contribution in [-0.4, -0.2) is 12.8 Å². The third-order valence-corrected chi connectivity index (χ3v) is 3.65. The fraction of sp³-hybridized carbons (Fsp3) is 0.667. The molecule has 0 amide bonds. The Kier molecular flexibility index (Phi) is 5.14. The molecule has 60 valence electrons. The van der Waals surface area contributed by atoms with Gasteiger partial charge in [-0.25, -0.2) is 0 Å². The summed E-state index contributed by atoms with van der Waals surface area (Å²) in [7, 11) is -2.46. The molecule has 0 aliphatic heterocycles. The number of rotatable bonds is 4. The summed E-state index contributed by atoms with van der Waals surface area (Å²) in [5.74, 6) is 1.53. The molecule has 10 heavy (non-hydrogen) atoms. The summed E-state index contributed by atoms with van der Waals surface area (Å²) >= 11 is 3.83. The summed E-state index contributed by atoms with van der Waals surface area (Å²) in [4.78, 5) is 0. The van der Waals surface area contributed by atoms with E-state index in [1.54, 1.807) is 0 Å². The van der Waals surface area contributed by atoms with Crippen LogP contribution < -0.4 is 0 Å². The zero-order chi connectivity index (χ0) is 8.04. The SMILES string of the molecule is CCOP(=O)(/C=C/S)CC. The Morgan fingerprint density at radius 3 is 2.50 bits per heavy atom. The van der Waals surface area contributed by atoms with E-state index in [1.807, 2.05) is 13.8 Å². The Morgan fingerprint density at radius 1 is 1.60 bits per heavy atom. The summed E-state index contributed by atoms with van der Waals surface area (Å²) in [5, 5.41) is 1.47. The molecule has 2 nitrogen and oxygen atoms in total. The lowest BCUT2D eigenvalue weighted by Gasteiger charge is -2.09. The molecule has 0 aromatic carbocycles. The average molecular weight is 180 g/mol. The van der Waals surface area contributed by atoms with Gasteiger partial charge in [-0.1, -0.05) is 6.92 Å². The van der Waals surface area contributed by atoms with Gasteiger partial charge in [-0.05, 0) is 12.3 Å². The van der Waals surface area contributed by atoms with Crippen molar-refractivity contribution in [3.05, 3.63) is 11.2 Å². The largest absolute Gasteiger partial charge is 0.326 e. The van der Waals surface area contributed by atoms with Gasteiger partial charge in [0.1, 0.15) is 0 Å². The molecule has 0 saturated heterocycles. The molecule has 4 heteroatoms. The Morgan fingerprint density at radius 2 is 2.20 bits per heavy atom. The normalized spacial score (nSPS) is 17.5. The van der Waals surface area contributed by atoms with Gasteiger partial charge in [-0.2, -0.15) is 12.6 Å². The van der Waals surface area contributed by atoms with E-state index in [0.717, 1.165) is 0 Å². The van der Waals surface area contributed by atoms with Crippen LogP contribution in [0.5, 0.6) is 0 Å². The highest BCUT2D eigenvalue weighted by molar-refractivity contribution is 7.84. The Bertz CT molecular complexity index is 156. The molecule has 0 spiro atoms. The van der Waals surface area contributed by atoms with Crippen LogP contribution in [0.4, 0.5) is 0 Å². The molecule has 0 N–H and O–H groups in total. The highest BCUT2D eigenvalue weighted by Gasteiger charge is 2.13. The molecule has 0 bridgehead atoms. The summed E-state index contributed by atoms with van der Waals surface area (Å²) in [5.41, 5.74) is 0. The average Bonchev–Trinajstić information content (AvgIpc) is 1.89. The molecule has 0 fully saturated rings. The minimum atomic E-state index is -2.46. The quantitative estimate of drug-likeness (QED) is 0.531. The van der Waals surface area contributed by atoms with Crippen molar-refractivity contribution in [2.75, 3.05) is 12.8 Å². The maximum absolute atomic E-state index is 11.4. The first kappa shape index (κ1) is 10.3. The predicted octanol–water partition coefficient (Wildman–Crippen LogP) is 2.72. The van der Waals surface area contributed by atoms with E-state index in [-0.39, 0.29) is 0 Å². The van der Waals surface area contributed by atoms with E-state index in [4.69, 9.17) is 4.52 Å². The van der Waals surface area contributed by atoms with Crippen molar-refractivity contribution in [1.82, 2.24) is 0 Å². The molecule has 0 heterocycles. The highest BCUT2D eigenvalue weighted by atomic mass is 32.1. The van der Waals surface area contributed by atoms with Crippen molar-refractivity contribution in [1.29, 1.82) is 0 Å². The van der Waals surface area contributed by atoms with Gasteiger partial charge < -0.3 is 4.52 Å². The molecular weight excluding hydrogens is 167 g/mol. The minimum absolute atomic E-state index is 0.489. The molecule has 0 saturated carbocycles. The van der Waals surface area contributed by atoms with E-state index in [0.29, 0.717) is 12.8 Å². The molecule has 0 aliphatic rings. The standard InChI is InChI=1S/C6H13O2PS/c1-3-8-9(7,4-2)5-6-10/h5-6,10H,3-4H2,1-2H3/b6-5+. The number of hydrogen-bond donors (Lipinski definition) is 1. The van der Waals surface area contributed by atoms with Crippen LogP contribution in [-0.2, 0) is 9.09 Å². The second-order valence-corrected chi connectivity index (χ2v) is 4.70. The van der Waals surface area contributed by atoms with Crippen LogP contribution in [0.1, 0.15) is 13.8 Å². The first-order valence-electron chi connectivity index (χ1n) is 3.23. The van der Waals surface area contributed by atoms with Gasteiger partial charge in [-0.15, -0.1) is 0 Å². The van der Waals surface area contributed by atoms with Crippen LogP contribution in [0.2, 0.25) is 0 Å². The fourth-order valence-corrected chi connectivity index (χ4v) is 2.29. The van der Waals surface area contributed by atoms with Gasteiger partial charge in [0.2, 0.25) is 7.37 Å². The number of thiol groups is 1. The lowest BCUT2D eigenvalue weighted by Crippen LogP contribution is -1.88. The van der Waals surface area contributed by atoms with Crippen LogP contribution in [0, 0.1) is 0 Å². The van der Waals surface area contributed by atoms with Crippen LogP contribution in [0.25, 0.3) is 0 Å². The maximum atomic E-state index is 11.4. The molecule has 0 aromatic heterocycles. The van der Waals surface area contributed by atoms with E-state index >= 15 is 0 Å². The Hall–Kier alpha value is 0.280. The third kappa shape index (κ3) is 3.45. The number of hydrogen-bond acceptors (Lipinski definition) is 3. The molecule has 0 aromatic rings. The van der Waals surface area contributed by atoms with E-state index in [1.165, 1.54) is 11.2 Å². The molecule has 0 rings (SSSR count). The first-order valence-corrected chi connectivity index (χ1v) is 5.63. The van der Waals surface area contributed by atoms with Crippen LogP contribution >= 0.6 is 20.0 Å². The molecular formula is C6H13O2PS. The summed E-state index contributed by atoms with van der Waals surface area (Å²) in [6.45, 7) is 4.15. The van der Waals surface area contributed by atoms with E-state index in [2.05, 4.69) is 12.6 Å².